The first-order chi connectivity index (χ1) is 15.6. The summed E-state index contributed by atoms with van der Waals surface area (Å²) < 4.78 is 9.64. The van der Waals surface area contributed by atoms with E-state index < -0.39 is 6.16 Å². The number of carbonyl (C=O) groups is 3. The number of benzene rings is 3. The fraction of sp³-hybridized carbons (Fsp3) is 0.160. The van der Waals surface area contributed by atoms with Crippen molar-refractivity contribution in [1.82, 2.24) is 10.6 Å². The summed E-state index contributed by atoms with van der Waals surface area (Å²) in [7, 11) is 0. The van der Waals surface area contributed by atoms with E-state index in [1.165, 1.54) is 24.3 Å². The second-order valence-corrected chi connectivity index (χ2v) is 6.76. The van der Waals surface area contributed by atoms with Crippen LogP contribution in [0, 0.1) is 0 Å². The number of hydrogen-bond donors (Lipinski definition) is 2. The van der Waals surface area contributed by atoms with Crippen LogP contribution in [0.3, 0.4) is 0 Å². The third-order valence-corrected chi connectivity index (χ3v) is 4.53. The van der Waals surface area contributed by atoms with Crippen LogP contribution in [-0.2, 0) is 4.74 Å². The van der Waals surface area contributed by atoms with Gasteiger partial charge in [0.25, 0.3) is 11.8 Å². The number of amides is 2. The Kier molecular flexibility index (Phi) is 7.97. The molecule has 2 N–H and O–H groups in total. The fourth-order valence-electron chi connectivity index (χ4n) is 2.92. The van der Waals surface area contributed by atoms with Crippen LogP contribution in [0.25, 0.3) is 11.1 Å². The van der Waals surface area contributed by atoms with Crippen molar-refractivity contribution in [2.24, 2.45) is 0 Å². The monoisotopic (exact) mass is 432 g/mol. The summed E-state index contributed by atoms with van der Waals surface area (Å²) in [5, 5.41) is 5.51. The van der Waals surface area contributed by atoms with Crippen LogP contribution in [0.1, 0.15) is 27.6 Å². The highest BCUT2D eigenvalue weighted by Crippen LogP contribution is 2.19. The van der Waals surface area contributed by atoms with Gasteiger partial charge in [0, 0.05) is 24.2 Å². The Hall–Kier alpha value is -4.13. The molecule has 0 aliphatic carbocycles. The largest absolute Gasteiger partial charge is 0.513 e. The van der Waals surface area contributed by atoms with Gasteiger partial charge < -0.3 is 20.1 Å². The standard InChI is InChI=1S/C25H24N2O5/c1-2-31-25(30)32-22-14-12-21(13-15-22)24(29)27-17-16-26-23(28)20-10-8-19(9-11-20)18-6-4-3-5-7-18/h3-15H,2,16-17H2,1H3,(H,26,28)(H,27,29). The van der Waals surface area contributed by atoms with Gasteiger partial charge in [-0.2, -0.15) is 0 Å². The molecule has 32 heavy (non-hydrogen) atoms. The molecule has 0 aliphatic rings. The molecular weight excluding hydrogens is 408 g/mol. The predicted octanol–water partition coefficient (Wildman–Crippen LogP) is 4.05. The molecule has 0 saturated carbocycles. The quantitative estimate of drug-likeness (QED) is 0.318. The van der Waals surface area contributed by atoms with Gasteiger partial charge in [0.05, 0.1) is 6.61 Å². The lowest BCUT2D eigenvalue weighted by atomic mass is 10.0. The molecule has 7 nitrogen and oxygen atoms in total. The molecule has 3 aromatic rings. The number of nitrogens with one attached hydrogen (secondary N) is 2. The molecule has 3 aromatic carbocycles. The first kappa shape index (κ1) is 22.6. The summed E-state index contributed by atoms with van der Waals surface area (Å²) in [5.41, 5.74) is 3.08. The van der Waals surface area contributed by atoms with Crippen molar-refractivity contribution in [2.45, 2.75) is 6.92 Å². The maximum atomic E-state index is 12.3. The van der Waals surface area contributed by atoms with E-state index in [-0.39, 0.29) is 37.3 Å². The predicted molar refractivity (Wildman–Crippen MR) is 121 cm³/mol. The van der Waals surface area contributed by atoms with Crippen LogP contribution >= 0.6 is 0 Å². The summed E-state index contributed by atoms with van der Waals surface area (Å²) in [6, 6.07) is 23.4. The van der Waals surface area contributed by atoms with Crippen LogP contribution in [0.4, 0.5) is 4.79 Å². The fourth-order valence-corrected chi connectivity index (χ4v) is 2.92. The average molecular weight is 432 g/mol. The molecule has 0 aliphatic heterocycles. The van der Waals surface area contributed by atoms with Crippen molar-refractivity contribution < 1.29 is 23.9 Å². The Labute approximate surface area is 186 Å². The Morgan fingerprint density at radius 3 is 1.72 bits per heavy atom. The van der Waals surface area contributed by atoms with Gasteiger partial charge in [0.2, 0.25) is 0 Å². The van der Waals surface area contributed by atoms with Crippen molar-refractivity contribution in [3.63, 3.8) is 0 Å². The second-order valence-electron chi connectivity index (χ2n) is 6.76. The van der Waals surface area contributed by atoms with Crippen molar-refractivity contribution >= 4 is 18.0 Å². The van der Waals surface area contributed by atoms with Gasteiger partial charge in [-0.3, -0.25) is 9.59 Å². The molecule has 0 spiro atoms. The van der Waals surface area contributed by atoms with E-state index >= 15 is 0 Å². The zero-order valence-electron chi connectivity index (χ0n) is 17.7. The van der Waals surface area contributed by atoms with E-state index in [9.17, 15) is 14.4 Å². The highest BCUT2D eigenvalue weighted by molar-refractivity contribution is 5.95. The lowest BCUT2D eigenvalue weighted by Crippen LogP contribution is -2.34. The van der Waals surface area contributed by atoms with Gasteiger partial charge in [0.15, 0.2) is 0 Å². The highest BCUT2D eigenvalue weighted by atomic mass is 16.7. The third-order valence-electron chi connectivity index (χ3n) is 4.53. The summed E-state index contributed by atoms with van der Waals surface area (Å²) in [6.07, 6.45) is -0.796. The van der Waals surface area contributed by atoms with Gasteiger partial charge in [-0.1, -0.05) is 42.5 Å². The SMILES string of the molecule is CCOC(=O)Oc1ccc(C(=O)NCCNC(=O)c2ccc(-c3ccccc3)cc2)cc1. The highest BCUT2D eigenvalue weighted by Gasteiger charge is 2.09. The van der Waals surface area contributed by atoms with Crippen molar-refractivity contribution in [2.75, 3.05) is 19.7 Å². The Morgan fingerprint density at radius 1 is 0.688 bits per heavy atom. The molecule has 0 heterocycles. The average Bonchev–Trinajstić information content (AvgIpc) is 2.83. The minimum Gasteiger partial charge on any atom is -0.434 e. The van der Waals surface area contributed by atoms with Gasteiger partial charge in [0.1, 0.15) is 5.75 Å². The number of rotatable bonds is 8. The van der Waals surface area contributed by atoms with Crippen molar-refractivity contribution in [1.29, 1.82) is 0 Å². The molecular formula is C25H24N2O5. The minimum absolute atomic E-state index is 0.209. The molecule has 0 radical (unpaired) electrons. The smallest absolute Gasteiger partial charge is 0.434 e. The molecule has 2 amide bonds. The topological polar surface area (TPSA) is 93.7 Å². The first-order valence-corrected chi connectivity index (χ1v) is 10.2. The summed E-state index contributed by atoms with van der Waals surface area (Å²) in [5.74, 6) is -0.223. The van der Waals surface area contributed by atoms with Crippen LogP contribution in [0.2, 0.25) is 0 Å². The lowest BCUT2D eigenvalue weighted by molar-refractivity contribution is 0.0927. The van der Waals surface area contributed by atoms with E-state index in [2.05, 4.69) is 10.6 Å². The molecule has 164 valence electrons. The molecule has 7 heteroatoms. The summed E-state index contributed by atoms with van der Waals surface area (Å²) in [6.45, 7) is 2.45. The molecule has 0 atom stereocenters. The third kappa shape index (κ3) is 6.43. The van der Waals surface area contributed by atoms with E-state index in [4.69, 9.17) is 9.47 Å². The molecule has 3 rings (SSSR count). The number of carbonyl (C=O) groups excluding carboxylic acids is 3. The Bertz CT molecular complexity index is 1050. The molecule has 0 saturated heterocycles. The lowest BCUT2D eigenvalue weighted by Gasteiger charge is -2.09. The molecule has 0 fully saturated rings. The van der Waals surface area contributed by atoms with Gasteiger partial charge in [-0.25, -0.2) is 4.79 Å². The van der Waals surface area contributed by atoms with Crippen LogP contribution in [0.5, 0.6) is 5.75 Å². The van der Waals surface area contributed by atoms with E-state index in [1.54, 1.807) is 19.1 Å². The Morgan fingerprint density at radius 2 is 1.19 bits per heavy atom. The van der Waals surface area contributed by atoms with E-state index in [0.717, 1.165) is 11.1 Å². The molecule has 0 unspecified atom stereocenters. The molecule has 0 bridgehead atoms. The van der Waals surface area contributed by atoms with E-state index in [1.807, 2.05) is 42.5 Å². The minimum atomic E-state index is -0.796. The number of ether oxygens (including phenoxy) is 2. The van der Waals surface area contributed by atoms with Crippen molar-refractivity contribution in [3.05, 3.63) is 90.0 Å². The van der Waals surface area contributed by atoms with Crippen LogP contribution in [0.15, 0.2) is 78.9 Å². The van der Waals surface area contributed by atoms with Gasteiger partial charge in [-0.15, -0.1) is 0 Å². The zero-order valence-corrected chi connectivity index (χ0v) is 17.7. The van der Waals surface area contributed by atoms with Crippen LogP contribution < -0.4 is 15.4 Å². The molecule has 0 aromatic heterocycles. The second kappa shape index (κ2) is 11.3. The van der Waals surface area contributed by atoms with Gasteiger partial charge in [-0.05, 0) is 54.4 Å². The number of hydrogen-bond acceptors (Lipinski definition) is 5. The Balaban J connectivity index is 1.42. The normalized spacial score (nSPS) is 10.2. The van der Waals surface area contributed by atoms with Crippen LogP contribution in [-0.4, -0.2) is 37.7 Å². The maximum Gasteiger partial charge on any atom is 0.513 e. The zero-order chi connectivity index (χ0) is 22.8. The summed E-state index contributed by atoms with van der Waals surface area (Å²) in [4.78, 5) is 35.8. The van der Waals surface area contributed by atoms with E-state index in [0.29, 0.717) is 11.1 Å². The summed E-state index contributed by atoms with van der Waals surface area (Å²) >= 11 is 0. The first-order valence-electron chi connectivity index (χ1n) is 10.2. The maximum absolute atomic E-state index is 12.3. The van der Waals surface area contributed by atoms with Gasteiger partial charge >= 0.3 is 6.16 Å². The van der Waals surface area contributed by atoms with Crippen molar-refractivity contribution in [3.8, 4) is 16.9 Å².